The highest BCUT2D eigenvalue weighted by atomic mass is 19.1. The molecule has 2 aromatic heterocycles. The lowest BCUT2D eigenvalue weighted by Gasteiger charge is -1.93. The molecule has 0 N–H and O–H groups in total. The third kappa shape index (κ3) is 0.869. The number of aromatic nitrogens is 3. The maximum atomic E-state index is 12.8. The van der Waals surface area contributed by atoms with Gasteiger partial charge in [0.25, 0.3) is 0 Å². The number of hydrogen-bond acceptors (Lipinski definition) is 2. The molecule has 0 aromatic carbocycles. The van der Waals surface area contributed by atoms with Gasteiger partial charge >= 0.3 is 0 Å². The first kappa shape index (κ1) is 6.27. The fourth-order valence-electron chi connectivity index (χ4n) is 0.955. The van der Waals surface area contributed by atoms with Crippen LogP contribution in [0.15, 0.2) is 18.5 Å². The van der Waals surface area contributed by atoms with Gasteiger partial charge in [-0.05, 0) is 13.0 Å². The highest BCUT2D eigenvalue weighted by molar-refractivity contribution is 5.45. The molecule has 3 nitrogen and oxygen atoms in total. The SMILES string of the molecule is Cc1ncc2c(F)ccn2n1. The van der Waals surface area contributed by atoms with Crippen LogP contribution in [-0.4, -0.2) is 14.6 Å². The first-order valence-electron chi connectivity index (χ1n) is 3.24. The lowest BCUT2D eigenvalue weighted by molar-refractivity contribution is 0.637. The van der Waals surface area contributed by atoms with Crippen LogP contribution in [0.3, 0.4) is 0 Å². The molecule has 0 aliphatic heterocycles. The van der Waals surface area contributed by atoms with E-state index >= 15 is 0 Å². The molecule has 0 aliphatic carbocycles. The number of aryl methyl sites for hydroxylation is 1. The summed E-state index contributed by atoms with van der Waals surface area (Å²) < 4.78 is 14.2. The smallest absolute Gasteiger partial charge is 0.151 e. The molecule has 0 spiro atoms. The van der Waals surface area contributed by atoms with Gasteiger partial charge in [0.15, 0.2) is 5.82 Å². The molecule has 56 valence electrons. The predicted molar refractivity (Wildman–Crippen MR) is 37.7 cm³/mol. The first-order chi connectivity index (χ1) is 5.27. The molecule has 2 heterocycles. The monoisotopic (exact) mass is 151 g/mol. The van der Waals surface area contributed by atoms with E-state index in [1.54, 1.807) is 13.1 Å². The van der Waals surface area contributed by atoms with Crippen LogP contribution in [0.1, 0.15) is 5.82 Å². The Hall–Kier alpha value is -1.45. The summed E-state index contributed by atoms with van der Waals surface area (Å²) in [5.74, 6) is 0.345. The standard InChI is InChI=1S/C7H6FN3/c1-5-9-4-7-6(8)2-3-11(7)10-5/h2-4H,1H3. The van der Waals surface area contributed by atoms with Crippen LogP contribution >= 0.6 is 0 Å². The van der Waals surface area contributed by atoms with Gasteiger partial charge in [0, 0.05) is 6.20 Å². The maximum absolute atomic E-state index is 12.8. The van der Waals surface area contributed by atoms with Gasteiger partial charge in [0.05, 0.1) is 6.20 Å². The Kier molecular flexibility index (Phi) is 1.15. The minimum absolute atomic E-state index is 0.287. The lowest BCUT2D eigenvalue weighted by atomic mass is 10.5. The molecular weight excluding hydrogens is 145 g/mol. The van der Waals surface area contributed by atoms with E-state index in [9.17, 15) is 4.39 Å². The van der Waals surface area contributed by atoms with Crippen molar-refractivity contribution >= 4 is 5.52 Å². The molecule has 0 radical (unpaired) electrons. The van der Waals surface area contributed by atoms with Crippen LogP contribution in [0.25, 0.3) is 5.52 Å². The minimum atomic E-state index is -0.287. The fraction of sp³-hybridized carbons (Fsp3) is 0.143. The predicted octanol–water partition coefficient (Wildman–Crippen LogP) is 1.18. The average molecular weight is 151 g/mol. The normalized spacial score (nSPS) is 10.7. The molecule has 0 fully saturated rings. The Labute approximate surface area is 62.5 Å². The molecule has 11 heavy (non-hydrogen) atoms. The zero-order valence-electron chi connectivity index (χ0n) is 5.95. The summed E-state index contributed by atoms with van der Waals surface area (Å²) in [5, 5.41) is 3.96. The van der Waals surface area contributed by atoms with Crippen LogP contribution in [0, 0.1) is 12.7 Å². The second-order valence-electron chi connectivity index (χ2n) is 2.30. The summed E-state index contributed by atoms with van der Waals surface area (Å²) in [4.78, 5) is 3.87. The van der Waals surface area contributed by atoms with Crippen molar-refractivity contribution < 1.29 is 4.39 Å². The number of nitrogens with zero attached hydrogens (tertiary/aromatic N) is 3. The molecule has 0 bridgehead atoms. The molecule has 0 unspecified atom stereocenters. The second-order valence-corrected chi connectivity index (χ2v) is 2.30. The molecule has 0 amide bonds. The van der Waals surface area contributed by atoms with Crippen molar-refractivity contribution in [2.24, 2.45) is 0 Å². The zero-order chi connectivity index (χ0) is 7.84. The van der Waals surface area contributed by atoms with Gasteiger partial charge in [-0.3, -0.25) is 0 Å². The van der Waals surface area contributed by atoms with Crippen molar-refractivity contribution in [1.29, 1.82) is 0 Å². The Morgan fingerprint density at radius 1 is 1.55 bits per heavy atom. The Balaban J connectivity index is 2.86. The first-order valence-corrected chi connectivity index (χ1v) is 3.24. The summed E-state index contributed by atoms with van der Waals surface area (Å²) in [6, 6.07) is 1.36. The summed E-state index contributed by atoms with van der Waals surface area (Å²) in [5.41, 5.74) is 0.413. The number of fused-ring (bicyclic) bond motifs is 1. The van der Waals surface area contributed by atoms with Gasteiger partial charge in [0.1, 0.15) is 11.3 Å². The van der Waals surface area contributed by atoms with Gasteiger partial charge in [-0.15, -0.1) is 0 Å². The summed E-state index contributed by atoms with van der Waals surface area (Å²) in [6.07, 6.45) is 3.04. The average Bonchev–Trinajstić information content (AvgIpc) is 2.32. The van der Waals surface area contributed by atoms with E-state index in [2.05, 4.69) is 10.1 Å². The Bertz CT molecular complexity index is 393. The quantitative estimate of drug-likeness (QED) is 0.565. The van der Waals surface area contributed by atoms with Crippen LogP contribution in [0.4, 0.5) is 4.39 Å². The molecule has 0 saturated heterocycles. The Morgan fingerprint density at radius 2 is 2.36 bits per heavy atom. The van der Waals surface area contributed by atoms with E-state index in [4.69, 9.17) is 0 Å². The van der Waals surface area contributed by atoms with E-state index in [0.29, 0.717) is 11.3 Å². The van der Waals surface area contributed by atoms with Crippen molar-refractivity contribution in [1.82, 2.24) is 14.6 Å². The molecule has 2 aromatic rings. The van der Waals surface area contributed by atoms with Crippen molar-refractivity contribution in [3.63, 3.8) is 0 Å². The van der Waals surface area contributed by atoms with E-state index in [0.717, 1.165) is 0 Å². The molecule has 0 aliphatic rings. The van der Waals surface area contributed by atoms with Crippen LogP contribution in [0.5, 0.6) is 0 Å². The fourth-order valence-corrected chi connectivity index (χ4v) is 0.955. The lowest BCUT2D eigenvalue weighted by Crippen LogP contribution is -1.95. The van der Waals surface area contributed by atoms with Crippen molar-refractivity contribution in [3.8, 4) is 0 Å². The summed E-state index contributed by atoms with van der Waals surface area (Å²) in [7, 11) is 0. The van der Waals surface area contributed by atoms with E-state index in [1.165, 1.54) is 16.8 Å². The summed E-state index contributed by atoms with van der Waals surface area (Å²) >= 11 is 0. The van der Waals surface area contributed by atoms with Gasteiger partial charge in [-0.25, -0.2) is 13.9 Å². The van der Waals surface area contributed by atoms with Gasteiger partial charge in [-0.1, -0.05) is 0 Å². The molecule has 0 atom stereocenters. The van der Waals surface area contributed by atoms with Gasteiger partial charge in [-0.2, -0.15) is 5.10 Å². The van der Waals surface area contributed by atoms with Crippen LogP contribution in [-0.2, 0) is 0 Å². The van der Waals surface area contributed by atoms with E-state index in [1.807, 2.05) is 0 Å². The number of rotatable bonds is 0. The second kappa shape index (κ2) is 2.02. The number of halogens is 1. The topological polar surface area (TPSA) is 30.2 Å². The minimum Gasteiger partial charge on any atom is -0.237 e. The largest absolute Gasteiger partial charge is 0.237 e. The third-order valence-corrected chi connectivity index (χ3v) is 1.48. The maximum Gasteiger partial charge on any atom is 0.151 e. The van der Waals surface area contributed by atoms with Crippen molar-refractivity contribution in [3.05, 3.63) is 30.1 Å². The van der Waals surface area contributed by atoms with E-state index in [-0.39, 0.29) is 5.82 Å². The molecule has 0 saturated carbocycles. The van der Waals surface area contributed by atoms with Crippen molar-refractivity contribution in [2.45, 2.75) is 6.92 Å². The molecule has 4 heteroatoms. The van der Waals surface area contributed by atoms with E-state index < -0.39 is 0 Å². The zero-order valence-corrected chi connectivity index (χ0v) is 5.95. The number of hydrogen-bond donors (Lipinski definition) is 0. The molecule has 2 rings (SSSR count). The highest BCUT2D eigenvalue weighted by Gasteiger charge is 2.01. The Morgan fingerprint density at radius 3 is 3.18 bits per heavy atom. The molecular formula is C7H6FN3. The van der Waals surface area contributed by atoms with Crippen molar-refractivity contribution in [2.75, 3.05) is 0 Å². The van der Waals surface area contributed by atoms with Crippen LogP contribution in [0.2, 0.25) is 0 Å². The summed E-state index contributed by atoms with van der Waals surface area (Å²) in [6.45, 7) is 1.76. The van der Waals surface area contributed by atoms with Gasteiger partial charge in [0.2, 0.25) is 0 Å². The van der Waals surface area contributed by atoms with Gasteiger partial charge < -0.3 is 0 Å². The van der Waals surface area contributed by atoms with Crippen LogP contribution < -0.4 is 0 Å². The third-order valence-electron chi connectivity index (χ3n) is 1.48. The highest BCUT2D eigenvalue weighted by Crippen LogP contribution is 2.06.